The van der Waals surface area contributed by atoms with Gasteiger partial charge in [-0.05, 0) is 25.0 Å². The lowest BCUT2D eigenvalue weighted by molar-refractivity contribution is -0.0384. The number of rotatable bonds is 2. The number of nitrogen functional groups attached to an aromatic ring is 1. The van der Waals surface area contributed by atoms with Crippen molar-refractivity contribution in [1.29, 1.82) is 0 Å². The van der Waals surface area contributed by atoms with Crippen LogP contribution >= 0.6 is 0 Å². The van der Waals surface area contributed by atoms with Gasteiger partial charge < -0.3 is 5.73 Å². The first-order valence-corrected chi connectivity index (χ1v) is 7.09. The van der Waals surface area contributed by atoms with Gasteiger partial charge in [0.05, 0.1) is 17.0 Å². The highest BCUT2D eigenvalue weighted by atomic mass is 19.3. The summed E-state index contributed by atoms with van der Waals surface area (Å²) in [4.78, 5) is 4.33. The van der Waals surface area contributed by atoms with E-state index in [1.165, 1.54) is 0 Å². The van der Waals surface area contributed by atoms with Crippen molar-refractivity contribution < 1.29 is 8.78 Å². The fourth-order valence-electron chi connectivity index (χ4n) is 2.93. The number of hydrogen-bond acceptors (Lipinski definition) is 3. The summed E-state index contributed by atoms with van der Waals surface area (Å²) in [5, 5.41) is 4.46. The first kappa shape index (κ1) is 14.0. The van der Waals surface area contributed by atoms with Crippen molar-refractivity contribution in [1.82, 2.24) is 14.8 Å². The zero-order chi connectivity index (χ0) is 15.0. The molecule has 1 aliphatic carbocycles. The van der Waals surface area contributed by atoms with Crippen LogP contribution in [0.25, 0.3) is 11.3 Å². The van der Waals surface area contributed by atoms with Crippen LogP contribution in [0, 0.1) is 0 Å². The molecule has 0 atom stereocenters. The summed E-state index contributed by atoms with van der Waals surface area (Å²) in [7, 11) is 1.77. The topological polar surface area (TPSA) is 56.7 Å². The van der Waals surface area contributed by atoms with E-state index in [4.69, 9.17) is 5.73 Å². The highest BCUT2D eigenvalue weighted by Crippen LogP contribution is 2.44. The molecule has 2 heterocycles. The lowest BCUT2D eigenvalue weighted by atomic mass is 9.83. The third-order valence-corrected chi connectivity index (χ3v) is 4.14. The molecule has 2 N–H and O–H groups in total. The van der Waals surface area contributed by atoms with Crippen LogP contribution in [-0.2, 0) is 7.05 Å². The first-order valence-electron chi connectivity index (χ1n) is 7.09. The molecule has 0 unspecified atom stereocenters. The van der Waals surface area contributed by atoms with Gasteiger partial charge >= 0.3 is 0 Å². The Bertz CT molecular complexity index is 627. The van der Waals surface area contributed by atoms with Crippen LogP contribution in [0.3, 0.4) is 0 Å². The Labute approximate surface area is 122 Å². The molecule has 0 amide bonds. The Hall–Kier alpha value is -1.98. The van der Waals surface area contributed by atoms with Gasteiger partial charge in [-0.1, -0.05) is 6.07 Å². The highest BCUT2D eigenvalue weighted by molar-refractivity contribution is 5.74. The van der Waals surface area contributed by atoms with E-state index in [-0.39, 0.29) is 18.8 Å². The molecule has 6 heteroatoms. The summed E-state index contributed by atoms with van der Waals surface area (Å²) < 4.78 is 28.3. The standard InChI is InChI=1S/C15H18F2N4/c1-21-14(18)12(11-4-2-3-9-19-11)13(20-21)10-5-7-15(16,17)8-6-10/h2-4,9-10H,5-8,18H2,1H3. The molecule has 0 radical (unpaired) electrons. The molecule has 1 fully saturated rings. The smallest absolute Gasteiger partial charge is 0.248 e. The second-order valence-electron chi connectivity index (χ2n) is 5.61. The van der Waals surface area contributed by atoms with E-state index in [0.717, 1.165) is 17.0 Å². The normalized spacial score (nSPS) is 18.8. The van der Waals surface area contributed by atoms with Gasteiger partial charge in [0.25, 0.3) is 0 Å². The molecule has 0 aliphatic heterocycles. The predicted octanol–water partition coefficient (Wildman–Crippen LogP) is 3.36. The molecule has 21 heavy (non-hydrogen) atoms. The van der Waals surface area contributed by atoms with Gasteiger partial charge in [0, 0.05) is 32.0 Å². The zero-order valence-electron chi connectivity index (χ0n) is 11.9. The fraction of sp³-hybridized carbons (Fsp3) is 0.467. The van der Waals surface area contributed by atoms with Crippen LogP contribution in [0.5, 0.6) is 0 Å². The zero-order valence-corrected chi connectivity index (χ0v) is 11.9. The molecular formula is C15H18F2N4. The molecule has 1 saturated carbocycles. The Morgan fingerprint density at radius 3 is 2.62 bits per heavy atom. The fourth-order valence-corrected chi connectivity index (χ4v) is 2.93. The van der Waals surface area contributed by atoms with Crippen molar-refractivity contribution in [3.05, 3.63) is 30.1 Å². The summed E-state index contributed by atoms with van der Waals surface area (Å²) in [6.45, 7) is 0. The largest absolute Gasteiger partial charge is 0.383 e. The maximum Gasteiger partial charge on any atom is 0.248 e. The number of alkyl halides is 2. The lowest BCUT2D eigenvalue weighted by Gasteiger charge is -2.27. The molecule has 2 aromatic heterocycles. The van der Waals surface area contributed by atoms with Crippen molar-refractivity contribution in [2.75, 3.05) is 5.73 Å². The molecule has 1 aliphatic rings. The van der Waals surface area contributed by atoms with Gasteiger partial charge in [-0.3, -0.25) is 9.67 Å². The Morgan fingerprint density at radius 2 is 2.00 bits per heavy atom. The van der Waals surface area contributed by atoms with Gasteiger partial charge in [-0.2, -0.15) is 5.10 Å². The molecular weight excluding hydrogens is 274 g/mol. The maximum absolute atomic E-state index is 13.3. The highest BCUT2D eigenvalue weighted by Gasteiger charge is 2.37. The van der Waals surface area contributed by atoms with Crippen molar-refractivity contribution in [3.63, 3.8) is 0 Å². The van der Waals surface area contributed by atoms with Gasteiger partial charge in [0.15, 0.2) is 0 Å². The van der Waals surface area contributed by atoms with Gasteiger partial charge in [-0.25, -0.2) is 8.78 Å². The summed E-state index contributed by atoms with van der Waals surface area (Å²) in [5.74, 6) is -1.99. The minimum absolute atomic E-state index is 0.0186. The monoisotopic (exact) mass is 292 g/mol. The number of pyridine rings is 1. The second kappa shape index (κ2) is 5.09. The molecule has 0 saturated heterocycles. The molecule has 0 aromatic carbocycles. The number of nitrogens with zero attached hydrogens (tertiary/aromatic N) is 3. The van der Waals surface area contributed by atoms with Gasteiger partial charge in [0.1, 0.15) is 5.82 Å². The average Bonchev–Trinajstić information content (AvgIpc) is 2.76. The number of anilines is 1. The van der Waals surface area contributed by atoms with Crippen molar-refractivity contribution in [3.8, 4) is 11.3 Å². The van der Waals surface area contributed by atoms with Crippen molar-refractivity contribution >= 4 is 5.82 Å². The van der Waals surface area contributed by atoms with Gasteiger partial charge in [-0.15, -0.1) is 0 Å². The first-order chi connectivity index (χ1) is 9.98. The van der Waals surface area contributed by atoms with E-state index >= 15 is 0 Å². The number of halogens is 2. The minimum Gasteiger partial charge on any atom is -0.383 e. The predicted molar refractivity (Wildman–Crippen MR) is 77.0 cm³/mol. The van der Waals surface area contributed by atoms with E-state index < -0.39 is 5.92 Å². The molecule has 2 aromatic rings. The Kier molecular flexibility index (Phi) is 3.39. The summed E-state index contributed by atoms with van der Waals surface area (Å²) in [6, 6.07) is 5.58. The maximum atomic E-state index is 13.3. The average molecular weight is 292 g/mol. The lowest BCUT2D eigenvalue weighted by Crippen LogP contribution is -2.24. The number of hydrogen-bond donors (Lipinski definition) is 1. The summed E-state index contributed by atoms with van der Waals surface area (Å²) in [6.07, 6.45) is 2.39. The Balaban J connectivity index is 1.98. The van der Waals surface area contributed by atoms with Crippen LogP contribution in [0.2, 0.25) is 0 Å². The molecule has 112 valence electrons. The molecule has 0 spiro atoms. The van der Waals surface area contributed by atoms with Crippen LogP contribution in [0.1, 0.15) is 37.3 Å². The van der Waals surface area contributed by atoms with Crippen molar-refractivity contribution in [2.45, 2.75) is 37.5 Å². The van der Waals surface area contributed by atoms with E-state index in [0.29, 0.717) is 18.7 Å². The van der Waals surface area contributed by atoms with Crippen LogP contribution < -0.4 is 5.73 Å². The molecule has 4 nitrogen and oxygen atoms in total. The minimum atomic E-state index is -2.54. The van der Waals surface area contributed by atoms with E-state index in [9.17, 15) is 8.78 Å². The molecule has 3 rings (SSSR count). The van der Waals surface area contributed by atoms with E-state index in [2.05, 4.69) is 10.1 Å². The van der Waals surface area contributed by atoms with E-state index in [1.807, 2.05) is 18.2 Å². The Morgan fingerprint density at radius 1 is 1.29 bits per heavy atom. The van der Waals surface area contributed by atoms with E-state index in [1.54, 1.807) is 17.9 Å². The third-order valence-electron chi connectivity index (χ3n) is 4.14. The molecule has 0 bridgehead atoms. The summed E-state index contributed by atoms with van der Waals surface area (Å²) >= 11 is 0. The van der Waals surface area contributed by atoms with Crippen LogP contribution in [-0.4, -0.2) is 20.7 Å². The summed E-state index contributed by atoms with van der Waals surface area (Å²) in [5.41, 5.74) is 8.43. The quantitative estimate of drug-likeness (QED) is 0.923. The second-order valence-corrected chi connectivity index (χ2v) is 5.61. The number of nitrogens with two attached hydrogens (primary N) is 1. The SMILES string of the molecule is Cn1nc(C2CCC(F)(F)CC2)c(-c2ccccn2)c1N. The van der Waals surface area contributed by atoms with Gasteiger partial charge in [0.2, 0.25) is 5.92 Å². The van der Waals surface area contributed by atoms with Crippen LogP contribution in [0.15, 0.2) is 24.4 Å². The number of aromatic nitrogens is 3. The number of aryl methyl sites for hydroxylation is 1. The van der Waals surface area contributed by atoms with Crippen LogP contribution in [0.4, 0.5) is 14.6 Å². The third kappa shape index (κ3) is 2.62. The van der Waals surface area contributed by atoms with Crippen molar-refractivity contribution in [2.24, 2.45) is 7.05 Å².